The van der Waals surface area contributed by atoms with Crippen LogP contribution in [0.1, 0.15) is 37.6 Å². The minimum Gasteiger partial charge on any atom is -0.352 e. The van der Waals surface area contributed by atoms with Gasteiger partial charge in [0.05, 0.1) is 10.6 Å². The Morgan fingerprint density at radius 3 is 2.43 bits per heavy atom. The van der Waals surface area contributed by atoms with Crippen molar-refractivity contribution in [2.75, 3.05) is 6.54 Å². The number of primary sulfonamides is 1. The molecular weight excluding hydrogens is 319 g/mol. The quantitative estimate of drug-likeness (QED) is 0.884. The molecule has 0 atom stereocenters. The summed E-state index contributed by atoms with van der Waals surface area (Å²) in [5.74, 6) is -1.61. The van der Waals surface area contributed by atoms with Gasteiger partial charge in [0.15, 0.2) is 0 Å². The van der Waals surface area contributed by atoms with Gasteiger partial charge in [-0.1, -0.05) is 32.4 Å². The van der Waals surface area contributed by atoms with Crippen LogP contribution in [0.2, 0.25) is 5.02 Å². The summed E-state index contributed by atoms with van der Waals surface area (Å²) in [6.07, 6.45) is 0.690. The van der Waals surface area contributed by atoms with Crippen molar-refractivity contribution in [1.82, 2.24) is 5.32 Å². The summed E-state index contributed by atoms with van der Waals surface area (Å²) >= 11 is 5.62. The van der Waals surface area contributed by atoms with Crippen molar-refractivity contribution in [1.29, 1.82) is 0 Å². The lowest BCUT2D eigenvalue weighted by Gasteiger charge is -2.18. The molecule has 0 saturated carbocycles. The van der Waals surface area contributed by atoms with Gasteiger partial charge in [-0.3, -0.25) is 4.79 Å². The molecule has 0 saturated heterocycles. The van der Waals surface area contributed by atoms with Gasteiger partial charge in [0.1, 0.15) is 10.7 Å². The summed E-state index contributed by atoms with van der Waals surface area (Å²) in [4.78, 5) is 11.4. The second-order valence-electron chi connectivity index (χ2n) is 5.87. The van der Waals surface area contributed by atoms with Crippen LogP contribution in [-0.4, -0.2) is 20.9 Å². The van der Waals surface area contributed by atoms with Gasteiger partial charge >= 0.3 is 0 Å². The summed E-state index contributed by atoms with van der Waals surface area (Å²) in [5, 5.41) is 7.14. The zero-order valence-electron chi connectivity index (χ0n) is 12.0. The van der Waals surface area contributed by atoms with Gasteiger partial charge in [0, 0.05) is 6.54 Å². The number of carbonyl (C=O) groups is 1. The van der Waals surface area contributed by atoms with E-state index in [2.05, 4.69) is 5.32 Å². The maximum atomic E-state index is 13.7. The molecule has 0 aromatic heterocycles. The highest BCUT2D eigenvalue weighted by molar-refractivity contribution is 7.89. The van der Waals surface area contributed by atoms with Crippen molar-refractivity contribution in [3.05, 3.63) is 28.5 Å². The van der Waals surface area contributed by atoms with E-state index in [9.17, 15) is 17.6 Å². The molecule has 5 nitrogen and oxygen atoms in total. The van der Waals surface area contributed by atoms with Crippen LogP contribution in [0.4, 0.5) is 4.39 Å². The highest BCUT2D eigenvalue weighted by Gasteiger charge is 2.21. The maximum absolute atomic E-state index is 13.7. The molecule has 0 fully saturated rings. The van der Waals surface area contributed by atoms with Crippen molar-refractivity contribution >= 4 is 27.5 Å². The third-order valence-corrected chi connectivity index (χ3v) is 4.11. The van der Waals surface area contributed by atoms with E-state index < -0.39 is 32.2 Å². The first-order valence-corrected chi connectivity index (χ1v) is 8.14. The molecule has 0 heterocycles. The highest BCUT2D eigenvalue weighted by atomic mass is 35.5. The van der Waals surface area contributed by atoms with Crippen molar-refractivity contribution in [2.45, 2.75) is 32.1 Å². The molecule has 1 rings (SSSR count). The topological polar surface area (TPSA) is 89.3 Å². The Kier molecular flexibility index (Phi) is 5.35. The van der Waals surface area contributed by atoms with Gasteiger partial charge in [-0.2, -0.15) is 0 Å². The molecule has 1 aromatic carbocycles. The van der Waals surface area contributed by atoms with Gasteiger partial charge in [0.25, 0.3) is 5.91 Å². The van der Waals surface area contributed by atoms with Crippen LogP contribution in [0.5, 0.6) is 0 Å². The van der Waals surface area contributed by atoms with E-state index in [4.69, 9.17) is 16.7 Å². The number of halogens is 2. The second kappa shape index (κ2) is 6.29. The Hall–Kier alpha value is -1.18. The van der Waals surface area contributed by atoms with Crippen LogP contribution in [0, 0.1) is 11.2 Å². The molecular formula is C13H18ClFN2O3S. The predicted molar refractivity (Wildman–Crippen MR) is 79.2 cm³/mol. The fraction of sp³-hybridized carbons (Fsp3) is 0.462. The number of amides is 1. The van der Waals surface area contributed by atoms with E-state index >= 15 is 0 Å². The van der Waals surface area contributed by atoms with E-state index in [1.807, 2.05) is 20.8 Å². The summed E-state index contributed by atoms with van der Waals surface area (Å²) in [6.45, 7) is 6.35. The first kappa shape index (κ1) is 17.9. The Morgan fingerprint density at radius 2 is 1.95 bits per heavy atom. The van der Waals surface area contributed by atoms with Crippen LogP contribution < -0.4 is 10.5 Å². The number of nitrogens with two attached hydrogens (primary N) is 1. The number of sulfonamides is 1. The molecule has 0 aliphatic heterocycles. The van der Waals surface area contributed by atoms with Crippen LogP contribution in [0.15, 0.2) is 17.0 Å². The van der Waals surface area contributed by atoms with Crippen LogP contribution in [-0.2, 0) is 10.0 Å². The smallest absolute Gasteiger partial charge is 0.254 e. The molecule has 1 amide bonds. The van der Waals surface area contributed by atoms with Crippen molar-refractivity contribution < 1.29 is 17.6 Å². The lowest BCUT2D eigenvalue weighted by Crippen LogP contribution is -2.28. The average molecular weight is 337 g/mol. The fourth-order valence-electron chi connectivity index (χ4n) is 1.57. The minimum atomic E-state index is -4.13. The highest BCUT2D eigenvalue weighted by Crippen LogP contribution is 2.24. The molecule has 0 radical (unpaired) electrons. The third kappa shape index (κ3) is 5.26. The number of benzene rings is 1. The number of nitrogens with one attached hydrogen (secondary N) is 1. The lowest BCUT2D eigenvalue weighted by atomic mass is 9.92. The third-order valence-electron chi connectivity index (χ3n) is 2.73. The Bertz CT molecular complexity index is 654. The maximum Gasteiger partial charge on any atom is 0.254 e. The molecule has 0 unspecified atom stereocenters. The van der Waals surface area contributed by atoms with Gasteiger partial charge in [-0.05, 0) is 24.0 Å². The first-order chi connectivity index (χ1) is 9.42. The van der Waals surface area contributed by atoms with Crippen LogP contribution in [0.25, 0.3) is 0 Å². The van der Waals surface area contributed by atoms with Crippen LogP contribution >= 0.6 is 11.6 Å². The molecule has 3 N–H and O–H groups in total. The molecule has 0 aliphatic rings. The molecule has 0 spiro atoms. The second-order valence-corrected chi connectivity index (χ2v) is 7.81. The minimum absolute atomic E-state index is 0.0115. The number of hydrogen-bond acceptors (Lipinski definition) is 3. The van der Waals surface area contributed by atoms with E-state index in [-0.39, 0.29) is 10.4 Å². The molecule has 0 bridgehead atoms. The van der Waals surface area contributed by atoms with Gasteiger partial charge in [-0.15, -0.1) is 0 Å². The van der Waals surface area contributed by atoms with Crippen LogP contribution in [0.3, 0.4) is 0 Å². The average Bonchev–Trinajstić information content (AvgIpc) is 2.24. The Labute approximate surface area is 128 Å². The largest absolute Gasteiger partial charge is 0.352 e. The number of hydrogen-bond donors (Lipinski definition) is 2. The lowest BCUT2D eigenvalue weighted by molar-refractivity contribution is 0.0945. The van der Waals surface area contributed by atoms with E-state index in [1.165, 1.54) is 0 Å². The number of carbonyl (C=O) groups excluding carboxylic acids is 1. The monoisotopic (exact) mass is 336 g/mol. The predicted octanol–water partition coefficient (Wildman–Crippen LogP) is 2.29. The van der Waals surface area contributed by atoms with E-state index in [0.717, 1.165) is 12.1 Å². The van der Waals surface area contributed by atoms with E-state index in [1.54, 1.807) is 0 Å². The number of rotatable bonds is 4. The van der Waals surface area contributed by atoms with Gasteiger partial charge < -0.3 is 5.32 Å². The van der Waals surface area contributed by atoms with Crippen molar-refractivity contribution in [2.24, 2.45) is 10.6 Å². The Morgan fingerprint density at radius 1 is 1.38 bits per heavy atom. The molecule has 0 aliphatic carbocycles. The van der Waals surface area contributed by atoms with Crippen molar-refractivity contribution in [3.63, 3.8) is 0 Å². The van der Waals surface area contributed by atoms with Gasteiger partial charge in [-0.25, -0.2) is 17.9 Å². The van der Waals surface area contributed by atoms with Crippen molar-refractivity contribution in [3.8, 4) is 0 Å². The standard InChI is InChI=1S/C13H18ClFN2O3S/c1-13(2,3)4-5-17-12(18)8-6-11(21(16,19)20)9(14)7-10(8)15/h6-7H,4-5H2,1-3H3,(H,17,18)(H2,16,19,20). The first-order valence-electron chi connectivity index (χ1n) is 6.22. The molecule has 118 valence electrons. The Balaban J connectivity index is 3.00. The summed E-state index contributed by atoms with van der Waals surface area (Å²) < 4.78 is 36.4. The van der Waals surface area contributed by atoms with E-state index in [0.29, 0.717) is 13.0 Å². The summed E-state index contributed by atoms with van der Waals surface area (Å²) in [6, 6.07) is 1.61. The normalized spacial score (nSPS) is 12.3. The summed E-state index contributed by atoms with van der Waals surface area (Å²) in [5.41, 5.74) is -0.394. The fourth-order valence-corrected chi connectivity index (χ4v) is 2.65. The molecule has 1 aromatic rings. The zero-order valence-corrected chi connectivity index (χ0v) is 13.6. The zero-order chi connectivity index (χ0) is 16.4. The van der Waals surface area contributed by atoms with Gasteiger partial charge in [0.2, 0.25) is 10.0 Å². The molecule has 8 heteroatoms. The summed E-state index contributed by atoms with van der Waals surface area (Å²) in [7, 11) is -4.13. The SMILES string of the molecule is CC(C)(C)CCNC(=O)c1cc(S(N)(=O)=O)c(Cl)cc1F. The molecule has 21 heavy (non-hydrogen) atoms.